The molecule has 0 spiro atoms. The molecule has 19 heavy (non-hydrogen) atoms. The predicted octanol–water partition coefficient (Wildman–Crippen LogP) is 2.09. The SMILES string of the molecule is c1cc(C2CCCN2CCOC2CCCCO2)[nH]n1. The minimum atomic E-state index is 0.0296. The van der Waals surface area contributed by atoms with Crippen LogP contribution in [0.5, 0.6) is 0 Å². The Hall–Kier alpha value is -0.910. The van der Waals surface area contributed by atoms with Gasteiger partial charge in [-0.05, 0) is 44.7 Å². The van der Waals surface area contributed by atoms with Crippen molar-refractivity contribution >= 4 is 0 Å². The van der Waals surface area contributed by atoms with E-state index in [1.54, 1.807) is 0 Å². The first-order valence-electron chi connectivity index (χ1n) is 7.40. The van der Waals surface area contributed by atoms with Crippen LogP contribution < -0.4 is 0 Å². The molecule has 2 unspecified atom stereocenters. The molecule has 3 heterocycles. The van der Waals surface area contributed by atoms with Crippen LogP contribution in [0, 0.1) is 0 Å². The minimum Gasteiger partial charge on any atom is -0.353 e. The van der Waals surface area contributed by atoms with Gasteiger partial charge in [-0.15, -0.1) is 0 Å². The lowest BCUT2D eigenvalue weighted by molar-refractivity contribution is -0.164. The fraction of sp³-hybridized carbons (Fsp3) is 0.786. The molecular formula is C14H23N3O2. The summed E-state index contributed by atoms with van der Waals surface area (Å²) >= 11 is 0. The molecule has 2 atom stereocenters. The minimum absolute atomic E-state index is 0.0296. The van der Waals surface area contributed by atoms with E-state index in [1.165, 1.54) is 31.4 Å². The first-order valence-corrected chi connectivity index (χ1v) is 7.40. The molecule has 0 bridgehead atoms. The number of hydrogen-bond donors (Lipinski definition) is 1. The third-order valence-corrected chi connectivity index (χ3v) is 4.07. The number of H-pyrrole nitrogens is 1. The van der Waals surface area contributed by atoms with Crippen LogP contribution in [0.2, 0.25) is 0 Å². The highest BCUT2D eigenvalue weighted by Crippen LogP contribution is 2.30. The molecule has 2 fully saturated rings. The van der Waals surface area contributed by atoms with Crippen molar-refractivity contribution in [2.24, 2.45) is 0 Å². The van der Waals surface area contributed by atoms with Gasteiger partial charge in [-0.3, -0.25) is 10.00 Å². The summed E-state index contributed by atoms with van der Waals surface area (Å²) in [6.07, 6.45) is 7.77. The highest BCUT2D eigenvalue weighted by molar-refractivity contribution is 5.06. The maximum absolute atomic E-state index is 5.82. The number of nitrogens with zero attached hydrogens (tertiary/aromatic N) is 2. The van der Waals surface area contributed by atoms with Gasteiger partial charge in [0.05, 0.1) is 18.3 Å². The van der Waals surface area contributed by atoms with Gasteiger partial charge in [-0.1, -0.05) is 0 Å². The van der Waals surface area contributed by atoms with Crippen molar-refractivity contribution in [1.82, 2.24) is 15.1 Å². The molecule has 106 valence electrons. The Morgan fingerprint density at radius 3 is 3.16 bits per heavy atom. The molecule has 2 aliphatic rings. The first-order chi connectivity index (χ1) is 9.43. The van der Waals surface area contributed by atoms with E-state index in [0.717, 1.165) is 32.7 Å². The molecule has 0 aromatic carbocycles. The molecule has 0 amide bonds. The first kappa shape index (κ1) is 13.1. The lowest BCUT2D eigenvalue weighted by Gasteiger charge is -2.26. The molecule has 5 nitrogen and oxygen atoms in total. The van der Waals surface area contributed by atoms with Gasteiger partial charge in [0.1, 0.15) is 0 Å². The van der Waals surface area contributed by atoms with E-state index in [2.05, 4.69) is 21.2 Å². The fourth-order valence-electron chi connectivity index (χ4n) is 3.04. The summed E-state index contributed by atoms with van der Waals surface area (Å²) in [6.45, 7) is 3.74. The number of hydrogen-bond acceptors (Lipinski definition) is 4. The van der Waals surface area contributed by atoms with Crippen molar-refractivity contribution in [2.75, 3.05) is 26.3 Å². The lowest BCUT2D eigenvalue weighted by atomic mass is 10.1. The Morgan fingerprint density at radius 2 is 2.37 bits per heavy atom. The zero-order chi connectivity index (χ0) is 12.9. The number of rotatable bonds is 5. The second kappa shape index (κ2) is 6.50. The largest absolute Gasteiger partial charge is 0.353 e. The van der Waals surface area contributed by atoms with E-state index in [4.69, 9.17) is 9.47 Å². The van der Waals surface area contributed by atoms with Crippen molar-refractivity contribution in [1.29, 1.82) is 0 Å². The summed E-state index contributed by atoms with van der Waals surface area (Å²) in [7, 11) is 0. The number of likely N-dealkylation sites (tertiary alicyclic amines) is 1. The average molecular weight is 265 g/mol. The van der Waals surface area contributed by atoms with Gasteiger partial charge >= 0.3 is 0 Å². The Morgan fingerprint density at radius 1 is 1.37 bits per heavy atom. The van der Waals surface area contributed by atoms with Gasteiger partial charge < -0.3 is 9.47 Å². The van der Waals surface area contributed by atoms with Crippen LogP contribution in [-0.4, -0.2) is 47.7 Å². The van der Waals surface area contributed by atoms with E-state index in [9.17, 15) is 0 Å². The Balaban J connectivity index is 1.44. The second-order valence-electron chi connectivity index (χ2n) is 5.37. The van der Waals surface area contributed by atoms with Crippen molar-refractivity contribution in [3.63, 3.8) is 0 Å². The van der Waals surface area contributed by atoms with Gasteiger partial charge in [0.15, 0.2) is 6.29 Å². The quantitative estimate of drug-likeness (QED) is 0.885. The molecule has 1 aromatic rings. The van der Waals surface area contributed by atoms with Crippen LogP contribution in [0.1, 0.15) is 43.8 Å². The summed E-state index contributed by atoms with van der Waals surface area (Å²) in [4.78, 5) is 2.48. The molecule has 3 rings (SSSR count). The van der Waals surface area contributed by atoms with Crippen LogP contribution in [0.15, 0.2) is 12.3 Å². The van der Waals surface area contributed by atoms with Crippen molar-refractivity contribution in [3.05, 3.63) is 18.0 Å². The number of aromatic amines is 1. The van der Waals surface area contributed by atoms with E-state index >= 15 is 0 Å². The summed E-state index contributed by atoms with van der Waals surface area (Å²) in [5.41, 5.74) is 1.23. The summed E-state index contributed by atoms with van der Waals surface area (Å²) in [5.74, 6) is 0. The maximum atomic E-state index is 5.82. The molecular weight excluding hydrogens is 242 g/mol. The highest BCUT2D eigenvalue weighted by Gasteiger charge is 2.26. The summed E-state index contributed by atoms with van der Waals surface area (Å²) in [5, 5.41) is 7.14. The zero-order valence-electron chi connectivity index (χ0n) is 11.4. The van der Waals surface area contributed by atoms with Crippen LogP contribution in [-0.2, 0) is 9.47 Å². The van der Waals surface area contributed by atoms with Gasteiger partial charge in [-0.2, -0.15) is 5.10 Å². The third kappa shape index (κ3) is 3.35. The lowest BCUT2D eigenvalue weighted by Crippen LogP contribution is -2.30. The molecule has 1 aromatic heterocycles. The summed E-state index contributed by atoms with van der Waals surface area (Å²) < 4.78 is 11.4. The topological polar surface area (TPSA) is 50.4 Å². The van der Waals surface area contributed by atoms with Crippen LogP contribution >= 0.6 is 0 Å². The Labute approximate surface area is 114 Å². The van der Waals surface area contributed by atoms with Crippen LogP contribution in [0.4, 0.5) is 0 Å². The zero-order valence-corrected chi connectivity index (χ0v) is 11.4. The van der Waals surface area contributed by atoms with Crippen LogP contribution in [0.3, 0.4) is 0 Å². The van der Waals surface area contributed by atoms with Crippen molar-refractivity contribution < 1.29 is 9.47 Å². The highest BCUT2D eigenvalue weighted by atomic mass is 16.7. The van der Waals surface area contributed by atoms with Gasteiger partial charge in [0, 0.05) is 19.3 Å². The van der Waals surface area contributed by atoms with Crippen molar-refractivity contribution in [3.8, 4) is 0 Å². The standard InChI is InChI=1S/C14H23N3O2/c1-2-10-18-14(5-1)19-11-9-17-8-3-4-13(17)12-6-7-15-16-12/h6-7,13-14H,1-5,8-11H2,(H,15,16). The Kier molecular flexibility index (Phi) is 4.48. The Bertz CT molecular complexity index is 363. The average Bonchev–Trinajstić information content (AvgIpc) is 3.10. The molecule has 2 aliphatic heterocycles. The monoisotopic (exact) mass is 265 g/mol. The van der Waals surface area contributed by atoms with E-state index in [-0.39, 0.29) is 6.29 Å². The van der Waals surface area contributed by atoms with E-state index < -0.39 is 0 Å². The van der Waals surface area contributed by atoms with E-state index in [1.807, 2.05) is 6.20 Å². The smallest absolute Gasteiger partial charge is 0.157 e. The van der Waals surface area contributed by atoms with Gasteiger partial charge in [-0.25, -0.2) is 0 Å². The maximum Gasteiger partial charge on any atom is 0.157 e. The second-order valence-corrected chi connectivity index (χ2v) is 5.37. The predicted molar refractivity (Wildman–Crippen MR) is 71.7 cm³/mol. The number of aromatic nitrogens is 2. The third-order valence-electron chi connectivity index (χ3n) is 4.07. The van der Waals surface area contributed by atoms with Gasteiger partial charge in [0.25, 0.3) is 0 Å². The van der Waals surface area contributed by atoms with Crippen LogP contribution in [0.25, 0.3) is 0 Å². The molecule has 1 N–H and O–H groups in total. The normalized spacial score (nSPS) is 28.8. The number of ether oxygens (including phenoxy) is 2. The molecule has 2 saturated heterocycles. The fourth-order valence-corrected chi connectivity index (χ4v) is 3.04. The molecule has 0 aliphatic carbocycles. The molecule has 0 radical (unpaired) electrons. The molecule has 5 heteroatoms. The van der Waals surface area contributed by atoms with E-state index in [0.29, 0.717) is 6.04 Å². The molecule has 0 saturated carbocycles. The summed E-state index contributed by atoms with van der Waals surface area (Å²) in [6, 6.07) is 2.56. The van der Waals surface area contributed by atoms with Crippen molar-refractivity contribution in [2.45, 2.75) is 44.4 Å². The van der Waals surface area contributed by atoms with Gasteiger partial charge in [0.2, 0.25) is 0 Å². The number of nitrogens with one attached hydrogen (secondary N) is 1.